The fourth-order valence-electron chi connectivity index (χ4n) is 3.08. The summed E-state index contributed by atoms with van der Waals surface area (Å²) < 4.78 is 10.8. The molecule has 2 aromatic carbocycles. The number of ether oxygens (including phenoxy) is 2. The van der Waals surface area contributed by atoms with Gasteiger partial charge in [0.2, 0.25) is 0 Å². The second-order valence-corrected chi connectivity index (χ2v) is 7.17. The zero-order chi connectivity index (χ0) is 22.4. The van der Waals surface area contributed by atoms with Crippen molar-refractivity contribution in [2.24, 2.45) is 0 Å². The van der Waals surface area contributed by atoms with E-state index in [2.05, 4.69) is 0 Å². The SMILES string of the molecule is CC[C@@H](C)Oc1ccc(/C=C2/C(=O)N(CCOC)C(=O)N(c3ccccc3)C2=O)cc1. The van der Waals surface area contributed by atoms with Gasteiger partial charge in [0.1, 0.15) is 11.3 Å². The van der Waals surface area contributed by atoms with E-state index in [0.29, 0.717) is 17.0 Å². The van der Waals surface area contributed by atoms with Crippen LogP contribution in [0, 0.1) is 0 Å². The van der Waals surface area contributed by atoms with Gasteiger partial charge in [-0.05, 0) is 49.2 Å². The van der Waals surface area contributed by atoms with Crippen LogP contribution >= 0.6 is 0 Å². The van der Waals surface area contributed by atoms with Gasteiger partial charge in [0.15, 0.2) is 0 Å². The number of urea groups is 1. The van der Waals surface area contributed by atoms with Gasteiger partial charge in [0.25, 0.3) is 11.8 Å². The third-order valence-electron chi connectivity index (χ3n) is 4.97. The smallest absolute Gasteiger partial charge is 0.338 e. The first-order valence-corrected chi connectivity index (χ1v) is 10.2. The first-order chi connectivity index (χ1) is 15.0. The molecule has 1 atom stereocenters. The molecule has 0 radical (unpaired) electrons. The quantitative estimate of drug-likeness (QED) is 0.477. The molecule has 7 nitrogen and oxygen atoms in total. The number of amides is 4. The number of para-hydroxylation sites is 1. The normalized spacial score (nSPS) is 16.7. The van der Waals surface area contributed by atoms with Gasteiger partial charge in [-0.3, -0.25) is 14.5 Å². The van der Waals surface area contributed by atoms with Gasteiger partial charge in [0, 0.05) is 7.11 Å². The number of carbonyl (C=O) groups excluding carboxylic acids is 3. The summed E-state index contributed by atoms with van der Waals surface area (Å²) in [7, 11) is 1.48. The van der Waals surface area contributed by atoms with Crippen LogP contribution in [0.4, 0.5) is 10.5 Å². The highest BCUT2D eigenvalue weighted by atomic mass is 16.5. The molecule has 3 rings (SSSR count). The Balaban J connectivity index is 1.95. The summed E-state index contributed by atoms with van der Waals surface area (Å²) in [6.07, 6.45) is 2.47. The number of nitrogens with zero attached hydrogens (tertiary/aromatic N) is 2. The summed E-state index contributed by atoms with van der Waals surface area (Å²) in [5.74, 6) is -0.588. The van der Waals surface area contributed by atoms with Crippen LogP contribution in [0.1, 0.15) is 25.8 Å². The summed E-state index contributed by atoms with van der Waals surface area (Å²) in [6.45, 7) is 4.24. The number of hydrogen-bond acceptors (Lipinski definition) is 5. The molecule has 0 aliphatic carbocycles. The average Bonchev–Trinajstić information content (AvgIpc) is 2.78. The van der Waals surface area contributed by atoms with Crippen LogP contribution in [-0.2, 0) is 14.3 Å². The minimum absolute atomic E-state index is 0.0454. The van der Waals surface area contributed by atoms with E-state index in [1.807, 2.05) is 13.8 Å². The van der Waals surface area contributed by atoms with Crippen LogP contribution in [0.2, 0.25) is 0 Å². The van der Waals surface area contributed by atoms with Crippen molar-refractivity contribution >= 4 is 29.6 Å². The molecule has 1 aliphatic rings. The second kappa shape index (κ2) is 10.0. The Bertz CT molecular complexity index is 969. The number of imide groups is 2. The van der Waals surface area contributed by atoms with Crippen LogP contribution in [0.3, 0.4) is 0 Å². The van der Waals surface area contributed by atoms with E-state index in [9.17, 15) is 14.4 Å². The van der Waals surface area contributed by atoms with Crippen LogP contribution in [0.15, 0.2) is 60.2 Å². The minimum Gasteiger partial charge on any atom is -0.491 e. The van der Waals surface area contributed by atoms with E-state index in [-0.39, 0.29) is 24.8 Å². The molecule has 1 fully saturated rings. The molecule has 162 valence electrons. The summed E-state index contributed by atoms with van der Waals surface area (Å²) in [5, 5.41) is 0. The third-order valence-corrected chi connectivity index (χ3v) is 4.97. The van der Waals surface area contributed by atoms with Gasteiger partial charge in [-0.1, -0.05) is 37.3 Å². The molecule has 0 aromatic heterocycles. The number of anilines is 1. The maximum Gasteiger partial charge on any atom is 0.338 e. The largest absolute Gasteiger partial charge is 0.491 e. The highest BCUT2D eigenvalue weighted by Gasteiger charge is 2.42. The lowest BCUT2D eigenvalue weighted by Gasteiger charge is -2.33. The van der Waals surface area contributed by atoms with Crippen molar-refractivity contribution in [3.63, 3.8) is 0 Å². The summed E-state index contributed by atoms with van der Waals surface area (Å²) >= 11 is 0. The van der Waals surface area contributed by atoms with Gasteiger partial charge in [-0.15, -0.1) is 0 Å². The Labute approximate surface area is 181 Å². The number of rotatable bonds is 8. The first-order valence-electron chi connectivity index (χ1n) is 10.2. The highest BCUT2D eigenvalue weighted by Crippen LogP contribution is 2.26. The molecule has 0 bridgehead atoms. The maximum atomic E-state index is 13.2. The third kappa shape index (κ3) is 5.00. The van der Waals surface area contributed by atoms with Crippen molar-refractivity contribution in [1.29, 1.82) is 0 Å². The van der Waals surface area contributed by atoms with E-state index in [1.54, 1.807) is 54.6 Å². The molecule has 4 amide bonds. The van der Waals surface area contributed by atoms with Crippen molar-refractivity contribution in [2.75, 3.05) is 25.2 Å². The van der Waals surface area contributed by atoms with E-state index in [0.717, 1.165) is 16.2 Å². The molecular weight excluding hydrogens is 396 g/mol. The van der Waals surface area contributed by atoms with Crippen molar-refractivity contribution in [3.05, 3.63) is 65.7 Å². The van der Waals surface area contributed by atoms with Gasteiger partial charge in [-0.25, -0.2) is 9.69 Å². The molecule has 1 aliphatic heterocycles. The van der Waals surface area contributed by atoms with Crippen molar-refractivity contribution < 1.29 is 23.9 Å². The first kappa shape index (κ1) is 22.2. The Morgan fingerprint density at radius 1 is 0.968 bits per heavy atom. The molecule has 1 heterocycles. The predicted octanol–water partition coefficient (Wildman–Crippen LogP) is 3.89. The van der Waals surface area contributed by atoms with Gasteiger partial charge in [-0.2, -0.15) is 0 Å². The Morgan fingerprint density at radius 2 is 1.65 bits per heavy atom. The number of barbiturate groups is 1. The van der Waals surface area contributed by atoms with Crippen LogP contribution in [0.5, 0.6) is 5.75 Å². The molecule has 0 saturated carbocycles. The average molecular weight is 422 g/mol. The van der Waals surface area contributed by atoms with Crippen molar-refractivity contribution in [3.8, 4) is 5.75 Å². The van der Waals surface area contributed by atoms with Crippen LogP contribution < -0.4 is 9.64 Å². The molecule has 0 N–H and O–H groups in total. The molecule has 2 aromatic rings. The zero-order valence-corrected chi connectivity index (χ0v) is 17.9. The predicted molar refractivity (Wildman–Crippen MR) is 118 cm³/mol. The lowest BCUT2D eigenvalue weighted by atomic mass is 10.1. The standard InChI is InChI=1S/C24H26N2O5/c1-4-17(2)31-20-12-10-18(11-13-20)16-21-22(27)25(14-15-30-3)24(29)26(23(21)28)19-8-6-5-7-9-19/h5-13,16-17H,4,14-15H2,1-3H3/b21-16-/t17-/m1/s1. The van der Waals surface area contributed by atoms with Gasteiger partial charge >= 0.3 is 6.03 Å². The number of hydrogen-bond donors (Lipinski definition) is 0. The fourth-order valence-corrected chi connectivity index (χ4v) is 3.08. The van der Waals surface area contributed by atoms with E-state index in [4.69, 9.17) is 9.47 Å². The van der Waals surface area contributed by atoms with Gasteiger partial charge in [0.05, 0.1) is 24.9 Å². The van der Waals surface area contributed by atoms with Crippen LogP contribution in [0.25, 0.3) is 6.08 Å². The highest BCUT2D eigenvalue weighted by molar-refractivity contribution is 6.39. The number of methoxy groups -OCH3 is 1. The van der Waals surface area contributed by atoms with Gasteiger partial charge < -0.3 is 9.47 Å². The summed E-state index contributed by atoms with van der Waals surface area (Å²) in [4.78, 5) is 41.1. The van der Waals surface area contributed by atoms with Crippen molar-refractivity contribution in [2.45, 2.75) is 26.4 Å². The van der Waals surface area contributed by atoms with Crippen LogP contribution in [-0.4, -0.2) is 49.1 Å². The summed E-state index contributed by atoms with van der Waals surface area (Å²) in [6, 6.07) is 15.0. The fraction of sp³-hybridized carbons (Fsp3) is 0.292. The minimum atomic E-state index is -0.687. The lowest BCUT2D eigenvalue weighted by molar-refractivity contribution is -0.129. The van der Waals surface area contributed by atoms with Crippen molar-refractivity contribution in [1.82, 2.24) is 4.90 Å². The molecule has 31 heavy (non-hydrogen) atoms. The molecule has 7 heteroatoms. The molecule has 0 spiro atoms. The topological polar surface area (TPSA) is 76.2 Å². The molecular formula is C24H26N2O5. The second-order valence-electron chi connectivity index (χ2n) is 7.17. The molecule has 1 saturated heterocycles. The maximum absolute atomic E-state index is 13.2. The van der Waals surface area contributed by atoms with E-state index in [1.165, 1.54) is 13.2 Å². The monoisotopic (exact) mass is 422 g/mol. The number of carbonyl (C=O) groups is 3. The number of benzene rings is 2. The molecule has 0 unspecified atom stereocenters. The Hall–Kier alpha value is -3.45. The Morgan fingerprint density at radius 3 is 2.26 bits per heavy atom. The van der Waals surface area contributed by atoms with E-state index >= 15 is 0 Å². The Kier molecular flexibility index (Phi) is 7.20. The van der Waals surface area contributed by atoms with E-state index < -0.39 is 17.8 Å². The summed E-state index contributed by atoms with van der Waals surface area (Å²) in [5.41, 5.74) is 0.966. The zero-order valence-electron chi connectivity index (χ0n) is 17.9. The lowest BCUT2D eigenvalue weighted by Crippen LogP contribution is -2.57.